The van der Waals surface area contributed by atoms with Gasteiger partial charge in [-0.25, -0.2) is 9.13 Å². The van der Waals surface area contributed by atoms with Crippen molar-refractivity contribution in [3.8, 4) is 0 Å². The minimum atomic E-state index is -4.64. The van der Waals surface area contributed by atoms with Gasteiger partial charge in [0.2, 0.25) is 0 Å². The topological polar surface area (TPSA) is 145 Å². The molecule has 10 heteroatoms. The summed E-state index contributed by atoms with van der Waals surface area (Å²) in [6.45, 7) is 8.24. The van der Waals surface area contributed by atoms with Crippen LogP contribution in [-0.2, 0) is 13.7 Å². The van der Waals surface area contributed by atoms with Crippen molar-refractivity contribution in [1.29, 1.82) is 0 Å². The average molecular weight is 400 g/mol. The van der Waals surface area contributed by atoms with Gasteiger partial charge >= 0.3 is 15.6 Å². The van der Waals surface area contributed by atoms with Gasteiger partial charge < -0.3 is 24.5 Å². The Morgan fingerprint density at radius 2 is 1.20 bits per heavy atom. The minimum absolute atomic E-state index is 0.0423. The summed E-state index contributed by atoms with van der Waals surface area (Å²) >= 11 is 0. The zero-order valence-corrected chi connectivity index (χ0v) is 16.9. The number of hydrogen-bond donors (Lipinski definition) is 5. The Balaban J connectivity index is 0. The molecule has 0 bridgehead atoms. The normalized spacial score (nSPS) is 13.2. The highest BCUT2D eigenvalue weighted by Gasteiger charge is 2.11. The van der Waals surface area contributed by atoms with Gasteiger partial charge in [0.05, 0.1) is 6.61 Å². The van der Waals surface area contributed by atoms with E-state index < -0.39 is 15.6 Å². The quantitative estimate of drug-likeness (QED) is 0.292. The maximum Gasteiger partial charge on any atom is 0.469 e. The molecule has 0 atom stereocenters. The van der Waals surface area contributed by atoms with Crippen LogP contribution in [0.4, 0.5) is 0 Å². The van der Waals surface area contributed by atoms with E-state index in [1.165, 1.54) is 11.1 Å². The third kappa shape index (κ3) is 31.7. The fourth-order valence-corrected chi connectivity index (χ4v) is 1.88. The highest BCUT2D eigenvalue weighted by molar-refractivity contribution is 7.46. The first kappa shape index (κ1) is 26.7. The smallest absolute Gasteiger partial charge is 0.303 e. The summed E-state index contributed by atoms with van der Waals surface area (Å²) in [5.41, 5.74) is 3.80. The molecule has 0 fully saturated rings. The number of hydrogen-bond acceptors (Lipinski definition) is 3. The van der Waals surface area contributed by atoms with Crippen molar-refractivity contribution >= 4 is 15.6 Å². The molecule has 0 rings (SSSR count). The molecule has 0 aromatic rings. The Hall–Kier alpha value is -0.560. The molecule has 0 aliphatic rings. The van der Waals surface area contributed by atoms with Gasteiger partial charge in [-0.2, -0.15) is 0 Å². The fraction of sp³-hybridized carbons (Fsp3) is 0.600. The van der Waals surface area contributed by atoms with E-state index in [0.717, 1.165) is 31.3 Å². The minimum Gasteiger partial charge on any atom is -0.303 e. The Morgan fingerprint density at radius 3 is 1.60 bits per heavy atom. The molecule has 0 aromatic heterocycles. The molecule has 0 aliphatic heterocycles. The largest absolute Gasteiger partial charge is 0.469 e. The first-order chi connectivity index (χ1) is 11.2. The second-order valence-electron chi connectivity index (χ2n) is 5.76. The molecule has 5 N–H and O–H groups in total. The summed E-state index contributed by atoms with van der Waals surface area (Å²) in [7, 11) is -8.99. The first-order valence-corrected chi connectivity index (χ1v) is 10.7. The summed E-state index contributed by atoms with van der Waals surface area (Å²) in [6.07, 6.45) is 10.2. The molecule has 0 saturated carbocycles. The van der Waals surface area contributed by atoms with E-state index in [4.69, 9.17) is 29.0 Å². The van der Waals surface area contributed by atoms with Crippen molar-refractivity contribution in [3.05, 3.63) is 34.9 Å². The lowest BCUT2D eigenvalue weighted by atomic mass is 10.1. The van der Waals surface area contributed by atoms with E-state index in [1.54, 1.807) is 6.08 Å². The lowest BCUT2D eigenvalue weighted by Gasteiger charge is -2.03. The lowest BCUT2D eigenvalue weighted by molar-refractivity contribution is 0.215. The fourth-order valence-electron chi connectivity index (χ4n) is 1.62. The maximum atomic E-state index is 10.5. The molecule has 0 aromatic carbocycles. The first-order valence-electron chi connectivity index (χ1n) is 7.63. The van der Waals surface area contributed by atoms with Gasteiger partial charge in [0, 0.05) is 0 Å². The molecular weight excluding hydrogens is 370 g/mol. The summed E-state index contributed by atoms with van der Waals surface area (Å²) in [5, 5.41) is 0. The number of phosphoric ester groups is 1. The zero-order chi connectivity index (χ0) is 20.1. The molecule has 0 radical (unpaired) electrons. The predicted octanol–water partition coefficient (Wildman–Crippen LogP) is 3.59. The molecule has 0 amide bonds. The Labute approximate surface area is 149 Å². The molecule has 0 aliphatic carbocycles. The molecular formula is C15H30O8P2. The van der Waals surface area contributed by atoms with E-state index in [0.29, 0.717) is 0 Å². The Bertz CT molecular complexity index is 542. The highest BCUT2D eigenvalue weighted by atomic mass is 31.2. The van der Waals surface area contributed by atoms with Crippen LogP contribution in [0.5, 0.6) is 0 Å². The van der Waals surface area contributed by atoms with Crippen LogP contribution in [-0.4, -0.2) is 31.1 Å². The second kappa shape index (κ2) is 13.6. The summed E-state index contributed by atoms with van der Waals surface area (Å²) in [4.78, 5) is 38.7. The van der Waals surface area contributed by atoms with Gasteiger partial charge in [0.25, 0.3) is 0 Å². The van der Waals surface area contributed by atoms with Gasteiger partial charge in [-0.05, 0) is 53.4 Å². The van der Waals surface area contributed by atoms with Gasteiger partial charge in [-0.3, -0.25) is 4.52 Å². The molecule has 148 valence electrons. The molecule has 0 saturated heterocycles. The van der Waals surface area contributed by atoms with Crippen LogP contribution in [0.2, 0.25) is 0 Å². The molecule has 8 nitrogen and oxygen atoms in total. The van der Waals surface area contributed by atoms with E-state index in [-0.39, 0.29) is 6.61 Å². The third-order valence-electron chi connectivity index (χ3n) is 2.80. The number of phosphoric acid groups is 2. The van der Waals surface area contributed by atoms with Gasteiger partial charge in [-0.15, -0.1) is 0 Å². The lowest BCUT2D eigenvalue weighted by Crippen LogP contribution is -1.89. The predicted molar refractivity (Wildman–Crippen MR) is 97.7 cm³/mol. The van der Waals surface area contributed by atoms with Crippen molar-refractivity contribution in [2.24, 2.45) is 0 Å². The summed E-state index contributed by atoms with van der Waals surface area (Å²) < 4.78 is 23.7. The van der Waals surface area contributed by atoms with Gasteiger partial charge in [-0.1, -0.05) is 34.9 Å². The van der Waals surface area contributed by atoms with E-state index in [2.05, 4.69) is 37.4 Å². The van der Waals surface area contributed by atoms with Crippen LogP contribution in [0.1, 0.15) is 53.4 Å². The zero-order valence-electron chi connectivity index (χ0n) is 15.1. The summed E-state index contributed by atoms with van der Waals surface area (Å²) in [5.74, 6) is 0. The monoisotopic (exact) mass is 400 g/mol. The number of allylic oxidation sites excluding steroid dienone is 5. The van der Waals surface area contributed by atoms with Gasteiger partial charge in [0.1, 0.15) is 0 Å². The van der Waals surface area contributed by atoms with Gasteiger partial charge in [0.15, 0.2) is 0 Å². The number of rotatable bonds is 9. The molecule has 0 heterocycles. The van der Waals surface area contributed by atoms with Crippen molar-refractivity contribution in [2.45, 2.75) is 53.4 Å². The SMILES string of the molecule is CC(C)=CCCC(C)=CCCC(C)=CCOP(=O)(O)O.O=P(O)(O)O. The Kier molecular flexibility index (Phi) is 14.5. The van der Waals surface area contributed by atoms with Crippen LogP contribution in [0, 0.1) is 0 Å². The third-order valence-corrected chi connectivity index (χ3v) is 3.28. The van der Waals surface area contributed by atoms with Crippen LogP contribution >= 0.6 is 15.6 Å². The molecule has 0 unspecified atom stereocenters. The van der Waals surface area contributed by atoms with E-state index >= 15 is 0 Å². The van der Waals surface area contributed by atoms with E-state index in [9.17, 15) is 4.57 Å². The second-order valence-corrected chi connectivity index (χ2v) is 8.03. The highest BCUT2D eigenvalue weighted by Crippen LogP contribution is 2.35. The van der Waals surface area contributed by atoms with Crippen LogP contribution < -0.4 is 0 Å². The average Bonchev–Trinajstić information content (AvgIpc) is 2.34. The van der Waals surface area contributed by atoms with Crippen LogP contribution in [0.3, 0.4) is 0 Å². The molecule has 0 spiro atoms. The van der Waals surface area contributed by atoms with Crippen molar-refractivity contribution in [2.75, 3.05) is 6.61 Å². The molecule has 25 heavy (non-hydrogen) atoms. The van der Waals surface area contributed by atoms with Crippen LogP contribution in [0.15, 0.2) is 34.9 Å². The van der Waals surface area contributed by atoms with Crippen molar-refractivity contribution in [1.82, 2.24) is 0 Å². The maximum absolute atomic E-state index is 10.5. The van der Waals surface area contributed by atoms with E-state index in [1.807, 2.05) is 6.92 Å². The summed E-state index contributed by atoms with van der Waals surface area (Å²) in [6, 6.07) is 0. The van der Waals surface area contributed by atoms with Crippen molar-refractivity contribution < 1.29 is 38.1 Å². The van der Waals surface area contributed by atoms with Crippen LogP contribution in [0.25, 0.3) is 0 Å². The standard InChI is InChI=1S/C15H27O4P.H3O4P/c1-13(2)7-5-8-14(3)9-6-10-15(4)11-12-19-20(16,17)18;1-5(2,3)4/h7,9,11H,5-6,8,10,12H2,1-4H3,(H2,16,17,18);(H3,1,2,3,4). The van der Waals surface area contributed by atoms with Crippen molar-refractivity contribution in [3.63, 3.8) is 0 Å². The Morgan fingerprint density at radius 1 is 0.800 bits per heavy atom.